The lowest BCUT2D eigenvalue weighted by atomic mass is 9.88. The summed E-state index contributed by atoms with van der Waals surface area (Å²) in [6, 6.07) is 21.3. The van der Waals surface area contributed by atoms with Gasteiger partial charge in [0, 0.05) is 26.6 Å². The second-order valence-electron chi connectivity index (χ2n) is 4.91. The molecule has 2 rings (SSSR count). The summed E-state index contributed by atoms with van der Waals surface area (Å²) in [7, 11) is 3.66. The zero-order valence-corrected chi connectivity index (χ0v) is 15.5. The fourth-order valence-electron chi connectivity index (χ4n) is 2.51. The minimum Gasteiger partial charge on any atom is -0.359 e. The third kappa shape index (κ3) is 5.33. The Labute approximate surface area is 150 Å². The van der Waals surface area contributed by atoms with Gasteiger partial charge in [0.2, 0.25) is 0 Å². The van der Waals surface area contributed by atoms with Crippen LogP contribution in [0.1, 0.15) is 23.5 Å². The Kier molecular flexibility index (Phi) is 8.58. The van der Waals surface area contributed by atoms with Crippen LogP contribution >= 0.6 is 24.0 Å². The van der Waals surface area contributed by atoms with Crippen molar-refractivity contribution < 1.29 is 0 Å². The molecule has 0 amide bonds. The zero-order valence-electron chi connectivity index (χ0n) is 13.1. The van der Waals surface area contributed by atoms with E-state index in [-0.39, 0.29) is 24.0 Å². The maximum absolute atomic E-state index is 4.14. The van der Waals surface area contributed by atoms with E-state index in [0.717, 1.165) is 18.9 Å². The van der Waals surface area contributed by atoms with Crippen LogP contribution < -0.4 is 10.6 Å². The molecule has 0 bridgehead atoms. The molecular weight excluding hydrogens is 385 g/mol. The van der Waals surface area contributed by atoms with E-state index in [2.05, 4.69) is 76.3 Å². The smallest absolute Gasteiger partial charge is 0.190 e. The van der Waals surface area contributed by atoms with E-state index in [1.807, 2.05) is 7.05 Å². The van der Waals surface area contributed by atoms with Crippen molar-refractivity contribution in [3.8, 4) is 0 Å². The van der Waals surface area contributed by atoms with Gasteiger partial charge >= 0.3 is 0 Å². The summed E-state index contributed by atoms with van der Waals surface area (Å²) in [4.78, 5) is 4.14. The van der Waals surface area contributed by atoms with Gasteiger partial charge in [0.15, 0.2) is 5.96 Å². The topological polar surface area (TPSA) is 36.4 Å². The number of nitrogens with one attached hydrogen (secondary N) is 2. The molecule has 3 nitrogen and oxygen atoms in total. The molecule has 2 N–H and O–H groups in total. The lowest BCUT2D eigenvalue weighted by Gasteiger charge is -2.19. The van der Waals surface area contributed by atoms with Gasteiger partial charge in [-0.3, -0.25) is 4.99 Å². The van der Waals surface area contributed by atoms with Gasteiger partial charge in [0.1, 0.15) is 0 Å². The van der Waals surface area contributed by atoms with Gasteiger partial charge in [-0.1, -0.05) is 60.7 Å². The summed E-state index contributed by atoms with van der Waals surface area (Å²) in [6.07, 6.45) is 1.02. The summed E-state index contributed by atoms with van der Waals surface area (Å²) in [5.41, 5.74) is 2.70. The second kappa shape index (κ2) is 10.2. The Morgan fingerprint density at radius 1 is 0.955 bits per heavy atom. The van der Waals surface area contributed by atoms with Crippen LogP contribution in [0.25, 0.3) is 0 Å². The molecule has 0 spiro atoms. The van der Waals surface area contributed by atoms with Crippen molar-refractivity contribution in [1.82, 2.24) is 10.6 Å². The predicted molar refractivity (Wildman–Crippen MR) is 105 cm³/mol. The Hall–Kier alpha value is -1.56. The maximum Gasteiger partial charge on any atom is 0.190 e. The fourth-order valence-corrected chi connectivity index (χ4v) is 2.51. The van der Waals surface area contributed by atoms with Crippen molar-refractivity contribution in [1.29, 1.82) is 0 Å². The minimum absolute atomic E-state index is 0. The Balaban J connectivity index is 0.00000242. The first-order chi connectivity index (χ1) is 10.3. The lowest BCUT2D eigenvalue weighted by molar-refractivity contribution is 0.684. The van der Waals surface area contributed by atoms with Gasteiger partial charge < -0.3 is 10.6 Å². The quantitative estimate of drug-likeness (QED) is 0.450. The summed E-state index contributed by atoms with van der Waals surface area (Å²) < 4.78 is 0. The first-order valence-corrected chi connectivity index (χ1v) is 7.33. The zero-order chi connectivity index (χ0) is 14.9. The molecule has 0 aliphatic rings. The summed E-state index contributed by atoms with van der Waals surface area (Å²) in [5.74, 6) is 1.23. The number of hydrogen-bond donors (Lipinski definition) is 2. The third-order valence-corrected chi connectivity index (χ3v) is 3.59. The van der Waals surface area contributed by atoms with E-state index in [1.54, 1.807) is 7.05 Å². The van der Waals surface area contributed by atoms with Gasteiger partial charge in [0.25, 0.3) is 0 Å². The highest BCUT2D eigenvalue weighted by Crippen LogP contribution is 2.27. The Morgan fingerprint density at radius 2 is 1.45 bits per heavy atom. The van der Waals surface area contributed by atoms with Crippen LogP contribution in [0.15, 0.2) is 65.7 Å². The lowest BCUT2D eigenvalue weighted by Crippen LogP contribution is -2.35. The molecule has 2 aromatic rings. The molecule has 0 saturated heterocycles. The molecule has 2 aromatic carbocycles. The Bertz CT molecular complexity index is 516. The standard InChI is InChI=1S/C18H23N3.HI/c1-19-18(20-2)21-14-13-17(15-9-5-3-6-10-15)16-11-7-4-8-12-16;/h3-12,17H,13-14H2,1-2H3,(H2,19,20,21);1H. The predicted octanol–water partition coefficient (Wildman–Crippen LogP) is 3.62. The maximum atomic E-state index is 4.14. The highest BCUT2D eigenvalue weighted by molar-refractivity contribution is 14.0. The van der Waals surface area contributed by atoms with Crippen molar-refractivity contribution in [3.05, 3.63) is 71.8 Å². The molecular formula is C18H24IN3. The van der Waals surface area contributed by atoms with Crippen molar-refractivity contribution >= 4 is 29.9 Å². The van der Waals surface area contributed by atoms with E-state index in [4.69, 9.17) is 0 Å². The molecule has 4 heteroatoms. The van der Waals surface area contributed by atoms with Crippen molar-refractivity contribution in [2.75, 3.05) is 20.6 Å². The average Bonchev–Trinajstić information content (AvgIpc) is 2.57. The molecule has 0 aliphatic heterocycles. The van der Waals surface area contributed by atoms with E-state index in [9.17, 15) is 0 Å². The van der Waals surface area contributed by atoms with Gasteiger partial charge in [-0.25, -0.2) is 0 Å². The highest BCUT2D eigenvalue weighted by atomic mass is 127. The van der Waals surface area contributed by atoms with Gasteiger partial charge in [-0.15, -0.1) is 24.0 Å². The normalized spacial score (nSPS) is 11.0. The SMILES string of the molecule is CN=C(NC)NCCC(c1ccccc1)c1ccccc1.I. The van der Waals surface area contributed by atoms with Crippen LogP contribution in [0.2, 0.25) is 0 Å². The van der Waals surface area contributed by atoms with E-state index in [0.29, 0.717) is 5.92 Å². The molecule has 0 unspecified atom stereocenters. The monoisotopic (exact) mass is 409 g/mol. The number of halogens is 1. The van der Waals surface area contributed by atoms with E-state index < -0.39 is 0 Å². The van der Waals surface area contributed by atoms with Crippen LogP contribution in [0.4, 0.5) is 0 Å². The van der Waals surface area contributed by atoms with Gasteiger partial charge in [-0.2, -0.15) is 0 Å². The van der Waals surface area contributed by atoms with Crippen molar-refractivity contribution in [2.45, 2.75) is 12.3 Å². The third-order valence-electron chi connectivity index (χ3n) is 3.59. The number of hydrogen-bond acceptors (Lipinski definition) is 1. The molecule has 22 heavy (non-hydrogen) atoms. The molecule has 0 aromatic heterocycles. The summed E-state index contributed by atoms with van der Waals surface area (Å²) in [5, 5.41) is 6.37. The Morgan fingerprint density at radius 3 is 1.86 bits per heavy atom. The number of benzene rings is 2. The molecule has 118 valence electrons. The van der Waals surface area contributed by atoms with Crippen molar-refractivity contribution in [2.24, 2.45) is 4.99 Å². The number of guanidine groups is 1. The van der Waals surface area contributed by atoms with Crippen LogP contribution in [0.3, 0.4) is 0 Å². The van der Waals surface area contributed by atoms with E-state index in [1.165, 1.54) is 11.1 Å². The second-order valence-corrected chi connectivity index (χ2v) is 4.91. The molecule has 0 radical (unpaired) electrons. The van der Waals surface area contributed by atoms with Gasteiger partial charge in [0.05, 0.1) is 0 Å². The van der Waals surface area contributed by atoms with Crippen LogP contribution in [0.5, 0.6) is 0 Å². The first kappa shape index (κ1) is 18.5. The van der Waals surface area contributed by atoms with Gasteiger partial charge in [-0.05, 0) is 17.5 Å². The van der Waals surface area contributed by atoms with Crippen LogP contribution in [-0.2, 0) is 0 Å². The largest absolute Gasteiger partial charge is 0.359 e. The summed E-state index contributed by atoms with van der Waals surface area (Å²) >= 11 is 0. The minimum atomic E-state index is 0. The molecule has 0 atom stereocenters. The highest BCUT2D eigenvalue weighted by Gasteiger charge is 2.13. The number of rotatable bonds is 5. The molecule has 0 aliphatic carbocycles. The van der Waals surface area contributed by atoms with Crippen LogP contribution in [0, 0.1) is 0 Å². The van der Waals surface area contributed by atoms with Crippen LogP contribution in [-0.4, -0.2) is 26.6 Å². The molecule has 0 fully saturated rings. The molecule has 0 saturated carbocycles. The number of aliphatic imine (C=N–C) groups is 1. The number of nitrogens with zero attached hydrogens (tertiary/aromatic N) is 1. The van der Waals surface area contributed by atoms with Crippen molar-refractivity contribution in [3.63, 3.8) is 0 Å². The average molecular weight is 409 g/mol. The molecule has 0 heterocycles. The summed E-state index contributed by atoms with van der Waals surface area (Å²) in [6.45, 7) is 0.877. The first-order valence-electron chi connectivity index (χ1n) is 7.33. The van der Waals surface area contributed by atoms with E-state index >= 15 is 0 Å². The fraction of sp³-hybridized carbons (Fsp3) is 0.278.